The summed E-state index contributed by atoms with van der Waals surface area (Å²) >= 11 is 0. The number of aryl methyl sites for hydroxylation is 1. The van der Waals surface area contributed by atoms with Gasteiger partial charge in [-0.1, -0.05) is 61.5 Å². The van der Waals surface area contributed by atoms with E-state index in [1.165, 1.54) is 33.4 Å². The Hall–Kier alpha value is -2.58. The summed E-state index contributed by atoms with van der Waals surface area (Å²) in [6.45, 7) is 2.55. The minimum atomic E-state index is 0.0343. The van der Waals surface area contributed by atoms with Crippen LogP contribution in [0.25, 0.3) is 11.1 Å². The molecule has 1 N–H and O–H groups in total. The molecule has 1 aliphatic rings. The van der Waals surface area contributed by atoms with Crippen LogP contribution in [0.3, 0.4) is 0 Å². The topological polar surface area (TPSA) is 29.5 Å². The molecule has 0 radical (unpaired) electrons. The number of hydrogen-bond donors (Lipinski definition) is 1. The number of aliphatic hydroxyl groups is 1. The lowest BCUT2D eigenvalue weighted by atomic mass is 9.85. The van der Waals surface area contributed by atoms with Crippen molar-refractivity contribution in [1.82, 2.24) is 0 Å². The third-order valence-electron chi connectivity index (χ3n) is 5.00. The summed E-state index contributed by atoms with van der Waals surface area (Å²) in [5, 5.41) is 8.97. The maximum absolute atomic E-state index is 8.97. The van der Waals surface area contributed by atoms with Crippen LogP contribution in [0.4, 0.5) is 0 Å². The lowest BCUT2D eigenvalue weighted by Gasteiger charge is -2.19. The van der Waals surface area contributed by atoms with Gasteiger partial charge in [-0.3, -0.25) is 0 Å². The number of benzene rings is 3. The second kappa shape index (κ2) is 6.73. The molecule has 1 aliphatic carbocycles. The van der Waals surface area contributed by atoms with Crippen LogP contribution >= 0.6 is 0 Å². The maximum Gasteiger partial charge on any atom is 0.119 e. The molecule has 0 heterocycles. The minimum absolute atomic E-state index is 0.0343. The van der Waals surface area contributed by atoms with Crippen LogP contribution in [-0.2, 0) is 6.42 Å². The molecule has 0 amide bonds. The van der Waals surface area contributed by atoms with Crippen molar-refractivity contribution in [2.75, 3.05) is 13.2 Å². The van der Waals surface area contributed by atoms with Crippen molar-refractivity contribution in [2.45, 2.75) is 19.3 Å². The van der Waals surface area contributed by atoms with Crippen LogP contribution in [0, 0.1) is 0 Å². The highest BCUT2D eigenvalue weighted by molar-refractivity contribution is 5.80. The largest absolute Gasteiger partial charge is 0.491 e. The van der Waals surface area contributed by atoms with E-state index in [1.807, 2.05) is 6.07 Å². The van der Waals surface area contributed by atoms with Crippen LogP contribution in [-0.4, -0.2) is 18.3 Å². The average Bonchev–Trinajstić information content (AvgIpc) is 3.00. The number of rotatable bonds is 5. The number of ether oxygens (including phenoxy) is 1. The number of aliphatic hydroxyl groups excluding tert-OH is 1. The summed E-state index contributed by atoms with van der Waals surface area (Å²) in [5.74, 6) is 1.10. The second-order valence-corrected chi connectivity index (χ2v) is 6.39. The summed E-state index contributed by atoms with van der Waals surface area (Å²) in [6.07, 6.45) is 0.951. The molecule has 0 bridgehead atoms. The first-order valence-corrected chi connectivity index (χ1v) is 8.88. The summed E-state index contributed by atoms with van der Waals surface area (Å²) in [4.78, 5) is 0. The van der Waals surface area contributed by atoms with Gasteiger partial charge in [0.2, 0.25) is 0 Å². The van der Waals surface area contributed by atoms with E-state index in [9.17, 15) is 0 Å². The van der Waals surface area contributed by atoms with E-state index in [4.69, 9.17) is 9.84 Å². The Bertz CT molecular complexity index is 853. The molecule has 2 heteroatoms. The fraction of sp³-hybridized carbons (Fsp3) is 0.217. The zero-order chi connectivity index (χ0) is 17.2. The monoisotopic (exact) mass is 330 g/mol. The van der Waals surface area contributed by atoms with E-state index >= 15 is 0 Å². The van der Waals surface area contributed by atoms with Crippen LogP contribution in [0.1, 0.15) is 35.1 Å². The van der Waals surface area contributed by atoms with Crippen molar-refractivity contribution < 1.29 is 9.84 Å². The second-order valence-electron chi connectivity index (χ2n) is 6.39. The molecule has 0 aliphatic heterocycles. The van der Waals surface area contributed by atoms with Crippen molar-refractivity contribution in [2.24, 2.45) is 0 Å². The van der Waals surface area contributed by atoms with Crippen molar-refractivity contribution in [3.63, 3.8) is 0 Å². The average molecular weight is 330 g/mol. The van der Waals surface area contributed by atoms with Crippen LogP contribution in [0.5, 0.6) is 5.75 Å². The van der Waals surface area contributed by atoms with Gasteiger partial charge in [-0.05, 0) is 51.9 Å². The van der Waals surface area contributed by atoms with Gasteiger partial charge < -0.3 is 9.84 Å². The molecule has 25 heavy (non-hydrogen) atoms. The highest BCUT2D eigenvalue weighted by atomic mass is 16.5. The Morgan fingerprint density at radius 1 is 0.840 bits per heavy atom. The first-order chi connectivity index (χ1) is 12.3. The Kier molecular flexibility index (Phi) is 4.29. The van der Waals surface area contributed by atoms with E-state index < -0.39 is 0 Å². The normalized spacial score (nSPS) is 12.7. The van der Waals surface area contributed by atoms with Gasteiger partial charge in [-0.25, -0.2) is 0 Å². The summed E-state index contributed by atoms with van der Waals surface area (Å²) in [5.41, 5.74) is 8.07. The van der Waals surface area contributed by atoms with Gasteiger partial charge in [0.1, 0.15) is 12.4 Å². The third-order valence-corrected chi connectivity index (χ3v) is 5.00. The maximum atomic E-state index is 8.97. The predicted molar refractivity (Wildman–Crippen MR) is 101 cm³/mol. The van der Waals surface area contributed by atoms with Crippen molar-refractivity contribution in [1.29, 1.82) is 0 Å². The summed E-state index contributed by atoms with van der Waals surface area (Å²) in [7, 11) is 0. The van der Waals surface area contributed by atoms with Gasteiger partial charge in [0.25, 0.3) is 0 Å². The van der Waals surface area contributed by atoms with Gasteiger partial charge in [-0.2, -0.15) is 0 Å². The molecule has 126 valence electrons. The lowest BCUT2D eigenvalue weighted by molar-refractivity contribution is 0.201. The molecule has 2 nitrogen and oxygen atoms in total. The predicted octanol–water partition coefficient (Wildman–Crippen LogP) is 4.78. The van der Waals surface area contributed by atoms with E-state index in [0.29, 0.717) is 6.61 Å². The van der Waals surface area contributed by atoms with E-state index in [-0.39, 0.29) is 12.5 Å². The molecule has 0 spiro atoms. The molecule has 0 saturated heterocycles. The van der Waals surface area contributed by atoms with Crippen LogP contribution < -0.4 is 4.74 Å². The number of fused-ring (bicyclic) bond motifs is 3. The van der Waals surface area contributed by atoms with Gasteiger partial charge >= 0.3 is 0 Å². The van der Waals surface area contributed by atoms with Crippen molar-refractivity contribution in [3.8, 4) is 16.9 Å². The molecule has 0 fully saturated rings. The molecular formula is C23H22O2. The summed E-state index contributed by atoms with van der Waals surface area (Å²) < 4.78 is 5.60. The molecule has 4 rings (SSSR count). The molecule has 3 aromatic rings. The minimum Gasteiger partial charge on any atom is -0.491 e. The Morgan fingerprint density at radius 3 is 2.08 bits per heavy atom. The molecule has 0 aromatic heterocycles. The highest BCUT2D eigenvalue weighted by Gasteiger charge is 2.30. The SMILES string of the molecule is CCc1cc(OCCO)ccc1C1c2ccccc2-c2ccccc21. The van der Waals surface area contributed by atoms with Gasteiger partial charge in [0.15, 0.2) is 0 Å². The van der Waals surface area contributed by atoms with Gasteiger partial charge in [0.05, 0.1) is 6.61 Å². The molecular weight excluding hydrogens is 308 g/mol. The third kappa shape index (κ3) is 2.73. The van der Waals surface area contributed by atoms with E-state index in [0.717, 1.165) is 12.2 Å². The molecule has 0 unspecified atom stereocenters. The Morgan fingerprint density at radius 2 is 1.48 bits per heavy atom. The standard InChI is InChI=1S/C23H22O2/c1-2-16-15-17(25-14-13-24)11-12-18(16)23-21-9-5-3-7-19(21)20-8-4-6-10-22(20)23/h3-12,15,23-24H,2,13-14H2,1H3. The smallest absolute Gasteiger partial charge is 0.119 e. The first-order valence-electron chi connectivity index (χ1n) is 8.88. The first kappa shape index (κ1) is 15.9. The number of hydrogen-bond acceptors (Lipinski definition) is 2. The van der Waals surface area contributed by atoms with E-state index in [2.05, 4.69) is 67.6 Å². The fourth-order valence-electron chi connectivity index (χ4n) is 3.91. The highest BCUT2D eigenvalue weighted by Crippen LogP contribution is 2.48. The lowest BCUT2D eigenvalue weighted by Crippen LogP contribution is -2.06. The summed E-state index contributed by atoms with van der Waals surface area (Å²) in [6, 6.07) is 23.7. The molecule has 0 saturated carbocycles. The van der Waals surface area contributed by atoms with Crippen LogP contribution in [0.15, 0.2) is 66.7 Å². The fourth-order valence-corrected chi connectivity index (χ4v) is 3.91. The van der Waals surface area contributed by atoms with E-state index in [1.54, 1.807) is 0 Å². The van der Waals surface area contributed by atoms with Gasteiger partial charge in [-0.15, -0.1) is 0 Å². The van der Waals surface area contributed by atoms with Crippen LogP contribution in [0.2, 0.25) is 0 Å². The van der Waals surface area contributed by atoms with Gasteiger partial charge in [0, 0.05) is 5.92 Å². The zero-order valence-electron chi connectivity index (χ0n) is 14.4. The molecule has 0 atom stereocenters. The van der Waals surface area contributed by atoms with Crippen molar-refractivity contribution >= 4 is 0 Å². The Labute approximate surface area is 148 Å². The van der Waals surface area contributed by atoms with Crippen molar-refractivity contribution in [3.05, 3.63) is 89.0 Å². The Balaban J connectivity index is 1.84. The zero-order valence-corrected chi connectivity index (χ0v) is 14.4. The quantitative estimate of drug-likeness (QED) is 0.570. The molecule has 3 aromatic carbocycles.